The van der Waals surface area contributed by atoms with Gasteiger partial charge in [0, 0.05) is 31.2 Å². The minimum Gasteiger partial charge on any atom is -0.481 e. The molecule has 4 aromatic carbocycles. The highest BCUT2D eigenvalue weighted by molar-refractivity contribution is 9.10. The van der Waals surface area contributed by atoms with E-state index >= 15 is 0 Å². The highest BCUT2D eigenvalue weighted by Gasteiger charge is 2.20. The molecule has 0 aromatic heterocycles. The largest absolute Gasteiger partial charge is 0.510 e. The number of para-hydroxylation sites is 2. The van der Waals surface area contributed by atoms with Gasteiger partial charge < -0.3 is 49.3 Å². The lowest BCUT2D eigenvalue weighted by atomic mass is 9.97. The number of hydrogen-bond acceptors (Lipinski definition) is 14. The van der Waals surface area contributed by atoms with Gasteiger partial charge in [0.25, 0.3) is 0 Å². The molecule has 0 unspecified atom stereocenters. The summed E-state index contributed by atoms with van der Waals surface area (Å²) in [5, 5.41) is 24.4. The third kappa shape index (κ3) is 14.6. The van der Waals surface area contributed by atoms with Crippen molar-refractivity contribution < 1.29 is 67.4 Å². The Labute approximate surface area is 349 Å². The number of ether oxygens (including phenoxy) is 6. The molecular weight excluding hydrogens is 892 g/mol. The first-order valence-electron chi connectivity index (χ1n) is 17.4. The number of carboxylic acids is 2. The van der Waals surface area contributed by atoms with Crippen LogP contribution in [0, 0.1) is 0 Å². The summed E-state index contributed by atoms with van der Waals surface area (Å²) in [5.74, 6) is -2.93. The summed E-state index contributed by atoms with van der Waals surface area (Å²) in [5.41, 5.74) is 2.23. The van der Waals surface area contributed by atoms with Crippen molar-refractivity contribution in [1.82, 2.24) is 0 Å². The topological polar surface area (TPSA) is 222 Å². The molecule has 0 aliphatic heterocycles. The van der Waals surface area contributed by atoms with Gasteiger partial charge in [-0.1, -0.05) is 56.1 Å². The van der Waals surface area contributed by atoms with Crippen LogP contribution in [0.1, 0.15) is 43.0 Å². The third-order valence-electron chi connectivity index (χ3n) is 7.83. The van der Waals surface area contributed by atoms with Crippen LogP contribution in [0.15, 0.2) is 93.9 Å². The van der Waals surface area contributed by atoms with Crippen molar-refractivity contribution in [2.75, 3.05) is 63.7 Å². The van der Waals surface area contributed by atoms with Crippen molar-refractivity contribution in [2.45, 2.75) is 12.8 Å². The van der Waals surface area contributed by atoms with Crippen molar-refractivity contribution in [3.05, 3.63) is 127 Å². The van der Waals surface area contributed by atoms with Gasteiger partial charge in [-0.2, -0.15) is 0 Å². The molecule has 0 spiro atoms. The summed E-state index contributed by atoms with van der Waals surface area (Å²) in [4.78, 5) is 73.5. The van der Waals surface area contributed by atoms with E-state index in [2.05, 4.69) is 42.5 Å². The van der Waals surface area contributed by atoms with Crippen molar-refractivity contribution in [3.63, 3.8) is 0 Å². The number of carboxylic acid groups (broad SMARTS) is 2. The second kappa shape index (κ2) is 23.4. The Kier molecular flexibility index (Phi) is 18.1. The maximum absolute atomic E-state index is 13.2. The molecule has 4 rings (SSSR count). The smallest absolute Gasteiger partial charge is 0.481 e. The van der Waals surface area contributed by atoms with Gasteiger partial charge in [-0.25, -0.2) is 9.59 Å². The first-order valence-corrected chi connectivity index (χ1v) is 19.0. The molecule has 16 nitrogen and oxygen atoms in total. The lowest BCUT2D eigenvalue weighted by molar-refractivity contribution is -0.137. The van der Waals surface area contributed by atoms with Crippen LogP contribution in [0.5, 0.6) is 0 Å². The van der Waals surface area contributed by atoms with Crippen LogP contribution in [-0.2, 0) is 50.9 Å². The Morgan fingerprint density at radius 2 is 0.845 bits per heavy atom. The lowest BCUT2D eigenvalue weighted by Crippen LogP contribution is -2.20. The average Bonchev–Trinajstić information content (AvgIpc) is 3.19. The summed E-state index contributed by atoms with van der Waals surface area (Å²) < 4.78 is 32.3. The van der Waals surface area contributed by atoms with Crippen LogP contribution in [0.25, 0.3) is 0 Å². The molecule has 0 aliphatic carbocycles. The van der Waals surface area contributed by atoms with Crippen molar-refractivity contribution >= 4 is 79.1 Å². The van der Waals surface area contributed by atoms with Gasteiger partial charge >= 0.3 is 24.2 Å². The van der Waals surface area contributed by atoms with E-state index in [1.54, 1.807) is 84.9 Å². The number of benzene rings is 4. The molecule has 0 fully saturated rings. The lowest BCUT2D eigenvalue weighted by Gasteiger charge is -2.16. The summed E-state index contributed by atoms with van der Waals surface area (Å²) in [6, 6.07) is 22.7. The maximum atomic E-state index is 13.2. The molecule has 0 aliphatic rings. The Balaban J connectivity index is 1.09. The number of nitrogens with one attached hydrogen (secondary N) is 2. The van der Waals surface area contributed by atoms with Gasteiger partial charge in [0.2, 0.25) is 0 Å². The quantitative estimate of drug-likeness (QED) is 0.0263. The molecule has 0 radical (unpaired) electrons. The Hall–Kier alpha value is -5.82. The van der Waals surface area contributed by atoms with Gasteiger partial charge in [-0.3, -0.25) is 19.2 Å². The fraction of sp³-hybridized carbons (Fsp3) is 0.250. The van der Waals surface area contributed by atoms with Crippen LogP contribution >= 0.6 is 31.9 Å². The first-order chi connectivity index (χ1) is 27.9. The highest BCUT2D eigenvalue weighted by atomic mass is 79.9. The predicted octanol–water partition coefficient (Wildman–Crippen LogP) is 6.71. The molecule has 58 heavy (non-hydrogen) atoms. The SMILES string of the molecule is O=C(O)Cc1cccc(C(=O)c2ccc(Br)cc2)c1NCOC(=O)OCCOCCOCCOC(=O)OCNc1c(CC(=O)O)cccc1C(=O)c1ccc(Br)cc1. The minimum atomic E-state index is -1.11. The molecule has 0 saturated heterocycles. The van der Waals surface area contributed by atoms with E-state index in [0.717, 1.165) is 8.95 Å². The van der Waals surface area contributed by atoms with Gasteiger partial charge in [0.15, 0.2) is 25.0 Å². The van der Waals surface area contributed by atoms with Gasteiger partial charge in [0.05, 0.1) is 50.6 Å². The van der Waals surface area contributed by atoms with E-state index in [9.17, 15) is 39.0 Å². The zero-order chi connectivity index (χ0) is 41.9. The average molecular weight is 931 g/mol. The Morgan fingerprint density at radius 1 is 0.483 bits per heavy atom. The predicted molar refractivity (Wildman–Crippen MR) is 214 cm³/mol. The fourth-order valence-electron chi connectivity index (χ4n) is 5.24. The number of aliphatic carboxylic acids is 2. The van der Waals surface area contributed by atoms with Crippen LogP contribution in [0.4, 0.5) is 21.0 Å². The summed E-state index contributed by atoms with van der Waals surface area (Å²) in [7, 11) is 0. The normalized spacial score (nSPS) is 10.6. The Bertz CT molecular complexity index is 1910. The molecule has 4 N–H and O–H groups in total. The first kappa shape index (κ1) is 44.9. The second-order valence-electron chi connectivity index (χ2n) is 11.8. The molecule has 0 atom stereocenters. The minimum absolute atomic E-state index is 0.0149. The number of anilines is 2. The molecule has 306 valence electrons. The fourth-order valence-corrected chi connectivity index (χ4v) is 5.77. The van der Waals surface area contributed by atoms with Crippen molar-refractivity contribution in [3.8, 4) is 0 Å². The van der Waals surface area contributed by atoms with Crippen LogP contribution in [0.2, 0.25) is 0 Å². The summed E-state index contributed by atoms with van der Waals surface area (Å²) in [6.45, 7) is -0.833. The van der Waals surface area contributed by atoms with E-state index in [1.165, 1.54) is 0 Å². The third-order valence-corrected chi connectivity index (χ3v) is 8.89. The molecule has 0 heterocycles. The second-order valence-corrected chi connectivity index (χ2v) is 13.7. The van der Waals surface area contributed by atoms with E-state index in [4.69, 9.17) is 28.4 Å². The standard InChI is InChI=1S/C40H38Br2N2O14/c41-29-11-7-25(8-12-29)37(49)31-5-1-3-27(21-33(45)46)35(31)43-23-57-39(51)55-19-17-53-15-16-54-18-20-56-40(52)58-24-44-36-28(22-34(47)48)4-2-6-32(36)38(50)26-9-13-30(42)14-10-26/h1-14,43-44H,15-24H2,(H,45,46)(H,47,48). The van der Waals surface area contributed by atoms with Crippen LogP contribution in [0.3, 0.4) is 0 Å². The van der Waals surface area contributed by atoms with Gasteiger partial charge in [-0.05, 0) is 71.8 Å². The molecular formula is C40H38Br2N2O14. The van der Waals surface area contributed by atoms with E-state index < -0.39 is 37.7 Å². The molecule has 4 aromatic rings. The number of rotatable bonds is 23. The number of carbonyl (C=O) groups excluding carboxylic acids is 4. The Morgan fingerprint density at radius 3 is 1.21 bits per heavy atom. The molecule has 18 heteroatoms. The summed E-state index contributed by atoms with van der Waals surface area (Å²) >= 11 is 6.65. The number of hydrogen-bond donors (Lipinski definition) is 4. The number of halogens is 2. The van der Waals surface area contributed by atoms with E-state index in [1.807, 2.05) is 0 Å². The zero-order valence-corrected chi connectivity index (χ0v) is 33.9. The summed E-state index contributed by atoms with van der Waals surface area (Å²) in [6.07, 6.45) is -2.80. The molecule has 0 bridgehead atoms. The zero-order valence-electron chi connectivity index (χ0n) is 30.7. The van der Waals surface area contributed by atoms with E-state index in [0.29, 0.717) is 22.3 Å². The highest BCUT2D eigenvalue weighted by Crippen LogP contribution is 2.27. The number of ketones is 2. The van der Waals surface area contributed by atoms with Crippen molar-refractivity contribution in [2.24, 2.45) is 0 Å². The van der Waals surface area contributed by atoms with Crippen LogP contribution < -0.4 is 10.6 Å². The van der Waals surface area contributed by atoms with Crippen LogP contribution in [-0.4, -0.2) is 99.1 Å². The van der Waals surface area contributed by atoms with E-state index in [-0.39, 0.29) is 86.6 Å². The van der Waals surface area contributed by atoms with Crippen molar-refractivity contribution in [1.29, 1.82) is 0 Å². The molecule has 0 saturated carbocycles. The monoisotopic (exact) mass is 928 g/mol. The van der Waals surface area contributed by atoms with Gasteiger partial charge in [0.1, 0.15) is 13.2 Å². The number of carbonyl (C=O) groups is 6. The van der Waals surface area contributed by atoms with Gasteiger partial charge in [-0.15, -0.1) is 0 Å². The molecule has 0 amide bonds. The maximum Gasteiger partial charge on any atom is 0.510 e.